The van der Waals surface area contributed by atoms with E-state index in [2.05, 4.69) is 0 Å². The summed E-state index contributed by atoms with van der Waals surface area (Å²) in [7, 11) is 0. The average Bonchev–Trinajstić information content (AvgIpc) is 1.25. The van der Waals surface area contributed by atoms with Crippen LogP contribution >= 0.6 is 0 Å². The molecule has 53 valence electrons. The molecule has 0 heterocycles. The van der Waals surface area contributed by atoms with Gasteiger partial charge in [-0.05, 0) is 27.7 Å². The Labute approximate surface area is 100 Å². The van der Waals surface area contributed by atoms with E-state index in [9.17, 15) is 0 Å². The summed E-state index contributed by atoms with van der Waals surface area (Å²) >= 11 is 0. The van der Waals surface area contributed by atoms with Crippen molar-refractivity contribution in [1.82, 2.24) is 0 Å². The number of hydrogen-bond donors (Lipinski definition) is 2. The Morgan fingerprint density at radius 3 is 0.778 bits per heavy atom. The van der Waals surface area contributed by atoms with E-state index in [1.807, 2.05) is 0 Å². The molecule has 3 heteroatoms. The van der Waals surface area contributed by atoms with Crippen LogP contribution in [0.2, 0.25) is 0 Å². The minimum atomic E-state index is -0.167. The molecule has 2 N–H and O–H groups in total. The van der Waals surface area contributed by atoms with Crippen LogP contribution in [-0.2, 0) is 0 Å². The van der Waals surface area contributed by atoms with Gasteiger partial charge in [-0.1, -0.05) is 0 Å². The van der Waals surface area contributed by atoms with Gasteiger partial charge in [0.05, 0.1) is 0 Å². The summed E-state index contributed by atoms with van der Waals surface area (Å²) in [6.45, 7) is 6.89. The Balaban J connectivity index is -0.0000000720. The van der Waals surface area contributed by atoms with Crippen molar-refractivity contribution >= 4 is 51.4 Å². The fourth-order valence-corrected chi connectivity index (χ4v) is 0. The summed E-state index contributed by atoms with van der Waals surface area (Å²) in [5.41, 5.74) is 0. The molecule has 0 amide bonds. The Morgan fingerprint density at radius 1 is 0.778 bits per heavy atom. The summed E-state index contributed by atoms with van der Waals surface area (Å²) in [5.74, 6) is 0. The minimum Gasteiger partial charge on any atom is -0.394 e. The predicted octanol–water partition coefficient (Wildman–Crippen LogP) is 0.393. The van der Waals surface area contributed by atoms with Gasteiger partial charge in [0.25, 0.3) is 0 Å². The Hall–Kier alpha value is 1.56. The first-order valence-corrected chi connectivity index (χ1v) is 2.83. The zero-order valence-electron chi connectivity index (χ0n) is 7.05. The first-order valence-electron chi connectivity index (χ1n) is 2.83. The molecule has 0 aliphatic rings. The summed E-state index contributed by atoms with van der Waals surface area (Å²) in [6, 6.07) is 0. The number of aliphatic hydroxyl groups excluding tert-OH is 2. The van der Waals surface area contributed by atoms with Gasteiger partial charge in [0.15, 0.2) is 0 Å². The van der Waals surface area contributed by atoms with Crippen molar-refractivity contribution in [3.8, 4) is 0 Å². The van der Waals surface area contributed by atoms with Gasteiger partial charge in [-0.15, -0.1) is 0 Å². The summed E-state index contributed by atoms with van der Waals surface area (Å²) in [4.78, 5) is 0. The Morgan fingerprint density at radius 2 is 0.778 bits per heavy atom. The summed E-state index contributed by atoms with van der Waals surface area (Å²) in [5, 5.41) is 16.1. The standard InChI is InChI=1S/2C3H8O.K/c2*1-3(2)4;/h2*3-4H,1-2H3;. The molecule has 0 aromatic heterocycles. The summed E-state index contributed by atoms with van der Waals surface area (Å²) < 4.78 is 0. The molecule has 0 saturated heterocycles. The molecule has 0 aromatic carbocycles. The van der Waals surface area contributed by atoms with Crippen molar-refractivity contribution in [3.63, 3.8) is 0 Å². The molecule has 0 aliphatic carbocycles. The van der Waals surface area contributed by atoms with Crippen LogP contribution in [0.3, 0.4) is 0 Å². The second-order valence-corrected chi connectivity index (χ2v) is 2.19. The second kappa shape index (κ2) is 12.3. The molecule has 0 unspecified atom stereocenters. The first-order chi connectivity index (χ1) is 3.46. The van der Waals surface area contributed by atoms with Crippen LogP contribution in [0.1, 0.15) is 27.7 Å². The molecule has 0 rings (SSSR count). The fourth-order valence-electron chi connectivity index (χ4n) is 0. The smallest absolute Gasteiger partial charge is 0.0483 e. The van der Waals surface area contributed by atoms with E-state index in [-0.39, 0.29) is 63.6 Å². The molecule has 0 saturated carbocycles. The van der Waals surface area contributed by atoms with Gasteiger partial charge in [0.2, 0.25) is 0 Å². The molecule has 0 fully saturated rings. The van der Waals surface area contributed by atoms with Gasteiger partial charge in [-0.25, -0.2) is 0 Å². The Bertz CT molecular complexity index is 26.5. The third-order valence-corrected chi connectivity index (χ3v) is 0. The van der Waals surface area contributed by atoms with Gasteiger partial charge in [-0.2, -0.15) is 0 Å². The van der Waals surface area contributed by atoms with Gasteiger partial charge in [0.1, 0.15) is 0 Å². The van der Waals surface area contributed by atoms with Gasteiger partial charge >= 0.3 is 0 Å². The zero-order valence-corrected chi connectivity index (χ0v) is 10.2. The van der Waals surface area contributed by atoms with Crippen molar-refractivity contribution in [1.29, 1.82) is 0 Å². The molecule has 9 heavy (non-hydrogen) atoms. The maximum Gasteiger partial charge on any atom is 0.0483 e. The van der Waals surface area contributed by atoms with Crippen molar-refractivity contribution in [2.24, 2.45) is 0 Å². The van der Waals surface area contributed by atoms with Crippen LogP contribution in [0.5, 0.6) is 0 Å². The van der Waals surface area contributed by atoms with Crippen LogP contribution in [0.4, 0.5) is 0 Å². The molecule has 0 aromatic rings. The predicted molar refractivity (Wildman–Crippen MR) is 40.5 cm³/mol. The van der Waals surface area contributed by atoms with Crippen molar-refractivity contribution in [2.45, 2.75) is 39.9 Å². The normalized spacial score (nSPS) is 8.00. The molecule has 0 aliphatic heterocycles. The van der Waals surface area contributed by atoms with Crippen LogP contribution in [0, 0.1) is 0 Å². The molecule has 0 bridgehead atoms. The molecular formula is C6H16KO2. The minimum absolute atomic E-state index is 0. The largest absolute Gasteiger partial charge is 0.394 e. The van der Waals surface area contributed by atoms with Gasteiger partial charge < -0.3 is 10.2 Å². The SMILES string of the molecule is CC(C)O.CC(C)O.[K]. The average molecular weight is 159 g/mol. The third-order valence-electron chi connectivity index (χ3n) is 0. The molecule has 2 nitrogen and oxygen atoms in total. The van der Waals surface area contributed by atoms with E-state index in [1.54, 1.807) is 27.7 Å². The van der Waals surface area contributed by atoms with E-state index in [1.165, 1.54) is 0 Å². The number of rotatable bonds is 0. The van der Waals surface area contributed by atoms with E-state index in [0.29, 0.717) is 0 Å². The quantitative estimate of drug-likeness (QED) is 0.502. The van der Waals surface area contributed by atoms with Crippen molar-refractivity contribution < 1.29 is 10.2 Å². The van der Waals surface area contributed by atoms with E-state index in [0.717, 1.165) is 0 Å². The number of aliphatic hydroxyl groups is 2. The van der Waals surface area contributed by atoms with Gasteiger partial charge in [-0.3, -0.25) is 0 Å². The van der Waals surface area contributed by atoms with Crippen LogP contribution < -0.4 is 0 Å². The third kappa shape index (κ3) is 225. The fraction of sp³-hybridized carbons (Fsp3) is 1.00. The van der Waals surface area contributed by atoms with E-state index in [4.69, 9.17) is 10.2 Å². The van der Waals surface area contributed by atoms with Crippen molar-refractivity contribution in [2.75, 3.05) is 0 Å². The molecular weight excluding hydrogens is 143 g/mol. The van der Waals surface area contributed by atoms with Crippen molar-refractivity contribution in [3.05, 3.63) is 0 Å². The Kier molecular flexibility index (Phi) is 23.0. The first kappa shape index (κ1) is 16.9. The second-order valence-electron chi connectivity index (χ2n) is 2.19. The van der Waals surface area contributed by atoms with E-state index >= 15 is 0 Å². The van der Waals surface area contributed by atoms with Crippen LogP contribution in [-0.4, -0.2) is 73.8 Å². The molecule has 0 spiro atoms. The monoisotopic (exact) mass is 159 g/mol. The molecule has 1 radical (unpaired) electrons. The van der Waals surface area contributed by atoms with Gasteiger partial charge in [0, 0.05) is 63.6 Å². The van der Waals surface area contributed by atoms with E-state index < -0.39 is 0 Å². The topological polar surface area (TPSA) is 40.5 Å². The molecule has 0 atom stereocenters. The maximum atomic E-state index is 8.06. The van der Waals surface area contributed by atoms with Crippen LogP contribution in [0.15, 0.2) is 0 Å². The maximum absolute atomic E-state index is 8.06. The van der Waals surface area contributed by atoms with Crippen LogP contribution in [0.25, 0.3) is 0 Å². The zero-order chi connectivity index (χ0) is 7.15. The summed E-state index contributed by atoms with van der Waals surface area (Å²) in [6.07, 6.45) is -0.333. The number of hydrogen-bond acceptors (Lipinski definition) is 2.